The summed E-state index contributed by atoms with van der Waals surface area (Å²) in [6.07, 6.45) is 4.72. The molecule has 2 amide bonds. The zero-order chi connectivity index (χ0) is 13.0. The average molecular weight is 251 g/mol. The Morgan fingerprint density at radius 1 is 1.28 bits per heavy atom. The predicted octanol–water partition coefficient (Wildman–Crippen LogP) is -0.785. The van der Waals surface area contributed by atoms with Gasteiger partial charge in [0.05, 0.1) is 6.54 Å². The van der Waals surface area contributed by atoms with Crippen molar-refractivity contribution in [2.24, 2.45) is 0 Å². The second kappa shape index (κ2) is 5.63. The van der Waals surface area contributed by atoms with Gasteiger partial charge in [0.1, 0.15) is 6.33 Å². The van der Waals surface area contributed by atoms with Crippen molar-refractivity contribution in [3.05, 3.63) is 18.7 Å². The largest absolute Gasteiger partial charge is 0.358 e. The van der Waals surface area contributed by atoms with E-state index < -0.39 is 0 Å². The number of carbonyl (C=O) groups is 2. The number of amides is 2. The van der Waals surface area contributed by atoms with Gasteiger partial charge in [0, 0.05) is 45.6 Å². The molecule has 1 aromatic heterocycles. The lowest BCUT2D eigenvalue weighted by atomic mass is 10.3. The molecule has 98 valence electrons. The van der Waals surface area contributed by atoms with Gasteiger partial charge in [-0.1, -0.05) is 0 Å². The van der Waals surface area contributed by atoms with Crippen molar-refractivity contribution in [2.45, 2.75) is 0 Å². The van der Waals surface area contributed by atoms with E-state index in [-0.39, 0.29) is 11.9 Å². The van der Waals surface area contributed by atoms with Crippen molar-refractivity contribution in [3.8, 4) is 0 Å². The van der Waals surface area contributed by atoms with Crippen LogP contribution in [0.5, 0.6) is 0 Å². The molecular weight excluding hydrogens is 234 g/mol. The molecule has 2 rings (SSSR count). The van der Waals surface area contributed by atoms with E-state index in [0.29, 0.717) is 32.7 Å². The monoisotopic (exact) mass is 251 g/mol. The summed E-state index contributed by atoms with van der Waals surface area (Å²) in [6, 6.07) is -0.0629. The molecule has 0 aliphatic carbocycles. The van der Waals surface area contributed by atoms with Crippen LogP contribution in [0.15, 0.2) is 18.7 Å². The van der Waals surface area contributed by atoms with E-state index in [1.807, 2.05) is 4.90 Å². The van der Waals surface area contributed by atoms with Crippen LogP contribution in [0.25, 0.3) is 0 Å². The van der Waals surface area contributed by atoms with Crippen molar-refractivity contribution in [1.82, 2.24) is 24.7 Å². The van der Waals surface area contributed by atoms with E-state index >= 15 is 0 Å². The van der Waals surface area contributed by atoms with E-state index in [0.717, 1.165) is 0 Å². The van der Waals surface area contributed by atoms with Crippen LogP contribution in [0, 0.1) is 0 Å². The highest BCUT2D eigenvalue weighted by Gasteiger charge is 2.22. The molecule has 1 aliphatic heterocycles. The predicted molar refractivity (Wildman–Crippen MR) is 65.1 cm³/mol. The Kier molecular flexibility index (Phi) is 3.93. The lowest BCUT2D eigenvalue weighted by molar-refractivity contribution is -0.122. The second-order valence-electron chi connectivity index (χ2n) is 4.19. The third kappa shape index (κ3) is 2.86. The first-order chi connectivity index (χ1) is 8.70. The first-order valence-electron chi connectivity index (χ1n) is 5.91. The Morgan fingerprint density at radius 3 is 2.56 bits per heavy atom. The fourth-order valence-corrected chi connectivity index (χ4v) is 1.91. The lowest BCUT2D eigenvalue weighted by Gasteiger charge is -2.34. The molecule has 1 fully saturated rings. The first kappa shape index (κ1) is 12.6. The zero-order valence-corrected chi connectivity index (χ0v) is 10.4. The summed E-state index contributed by atoms with van der Waals surface area (Å²) in [5, 5.41) is 2.60. The molecule has 1 aliphatic rings. The smallest absolute Gasteiger partial charge is 0.329 e. The highest BCUT2D eigenvalue weighted by molar-refractivity contribution is 5.78. The van der Waals surface area contributed by atoms with Crippen LogP contribution < -0.4 is 5.32 Å². The molecule has 0 radical (unpaired) electrons. The van der Waals surface area contributed by atoms with Gasteiger partial charge in [0.25, 0.3) is 0 Å². The van der Waals surface area contributed by atoms with Gasteiger partial charge in [-0.05, 0) is 0 Å². The standard InChI is InChI=1S/C11H17N5O2/c1-12-10(17)8-14-4-6-15(7-5-14)11(18)16-3-2-13-9-16/h2-3,9H,4-8H2,1H3,(H,12,17). The maximum Gasteiger partial charge on any atom is 0.329 e. The van der Waals surface area contributed by atoms with E-state index in [2.05, 4.69) is 10.3 Å². The molecule has 18 heavy (non-hydrogen) atoms. The molecule has 0 bridgehead atoms. The molecule has 2 heterocycles. The summed E-state index contributed by atoms with van der Waals surface area (Å²) in [5.74, 6) is 0.00406. The molecule has 0 aromatic carbocycles. The molecule has 0 spiro atoms. The topological polar surface area (TPSA) is 70.5 Å². The number of hydrogen-bond acceptors (Lipinski definition) is 4. The van der Waals surface area contributed by atoms with Gasteiger partial charge < -0.3 is 10.2 Å². The molecule has 1 saturated heterocycles. The average Bonchev–Trinajstić information content (AvgIpc) is 2.92. The number of nitrogens with zero attached hydrogens (tertiary/aromatic N) is 4. The Morgan fingerprint density at radius 2 is 2.00 bits per heavy atom. The van der Waals surface area contributed by atoms with Gasteiger partial charge in [-0.15, -0.1) is 0 Å². The number of carbonyl (C=O) groups excluding carboxylic acids is 2. The lowest BCUT2D eigenvalue weighted by Crippen LogP contribution is -2.51. The Labute approximate surface area is 105 Å². The normalized spacial score (nSPS) is 16.6. The molecule has 0 unspecified atom stereocenters. The Hall–Kier alpha value is -1.89. The summed E-state index contributed by atoms with van der Waals surface area (Å²) < 4.78 is 1.47. The number of rotatable bonds is 2. The first-order valence-corrected chi connectivity index (χ1v) is 5.91. The zero-order valence-electron chi connectivity index (χ0n) is 10.4. The van der Waals surface area contributed by atoms with Crippen molar-refractivity contribution in [1.29, 1.82) is 0 Å². The van der Waals surface area contributed by atoms with Gasteiger partial charge >= 0.3 is 6.03 Å². The fraction of sp³-hybridized carbons (Fsp3) is 0.545. The molecular formula is C11H17N5O2. The molecule has 7 heteroatoms. The van der Waals surface area contributed by atoms with Crippen molar-refractivity contribution in [2.75, 3.05) is 39.8 Å². The number of nitrogens with one attached hydrogen (secondary N) is 1. The van der Waals surface area contributed by atoms with Gasteiger partial charge in [-0.2, -0.15) is 0 Å². The van der Waals surface area contributed by atoms with Gasteiger partial charge in [-0.3, -0.25) is 14.3 Å². The van der Waals surface area contributed by atoms with E-state index in [9.17, 15) is 9.59 Å². The third-order valence-electron chi connectivity index (χ3n) is 3.01. The van der Waals surface area contributed by atoms with E-state index in [1.165, 1.54) is 10.9 Å². The minimum atomic E-state index is -0.0629. The van der Waals surface area contributed by atoms with E-state index in [4.69, 9.17) is 0 Å². The summed E-state index contributed by atoms with van der Waals surface area (Å²) in [7, 11) is 1.63. The van der Waals surface area contributed by atoms with Crippen LogP contribution in [0.3, 0.4) is 0 Å². The van der Waals surface area contributed by atoms with Crippen molar-refractivity contribution in [3.63, 3.8) is 0 Å². The summed E-state index contributed by atoms with van der Waals surface area (Å²) in [5.41, 5.74) is 0. The Bertz CT molecular complexity index is 409. The van der Waals surface area contributed by atoms with Crippen LogP contribution in [0.1, 0.15) is 0 Å². The molecule has 1 N–H and O–H groups in total. The van der Waals surface area contributed by atoms with Crippen molar-refractivity contribution >= 4 is 11.9 Å². The highest BCUT2D eigenvalue weighted by atomic mass is 16.2. The van der Waals surface area contributed by atoms with Crippen LogP contribution >= 0.6 is 0 Å². The molecule has 0 atom stereocenters. The number of likely N-dealkylation sites (N-methyl/N-ethyl adjacent to an activating group) is 1. The minimum absolute atomic E-state index is 0.00406. The third-order valence-corrected chi connectivity index (χ3v) is 3.01. The van der Waals surface area contributed by atoms with Gasteiger partial charge in [-0.25, -0.2) is 9.78 Å². The number of hydrogen-bond donors (Lipinski definition) is 1. The quantitative estimate of drug-likeness (QED) is 0.748. The number of imidazole rings is 1. The number of aromatic nitrogens is 2. The molecule has 1 aromatic rings. The summed E-state index contributed by atoms with van der Waals surface area (Å²) >= 11 is 0. The second-order valence-corrected chi connectivity index (χ2v) is 4.19. The molecule has 7 nitrogen and oxygen atoms in total. The van der Waals surface area contributed by atoms with Crippen molar-refractivity contribution < 1.29 is 9.59 Å². The van der Waals surface area contributed by atoms with Crippen LogP contribution in [-0.4, -0.2) is 71.1 Å². The minimum Gasteiger partial charge on any atom is -0.358 e. The number of piperazine rings is 1. The van der Waals surface area contributed by atoms with Crippen LogP contribution in [0.2, 0.25) is 0 Å². The van der Waals surface area contributed by atoms with Gasteiger partial charge in [0.15, 0.2) is 0 Å². The SMILES string of the molecule is CNC(=O)CN1CCN(C(=O)n2ccnc2)CC1. The van der Waals surface area contributed by atoms with Gasteiger partial charge in [0.2, 0.25) is 5.91 Å². The van der Waals surface area contributed by atoms with E-state index in [1.54, 1.807) is 24.3 Å². The molecule has 0 saturated carbocycles. The van der Waals surface area contributed by atoms with Crippen LogP contribution in [0.4, 0.5) is 4.79 Å². The maximum atomic E-state index is 12.0. The summed E-state index contributed by atoms with van der Waals surface area (Å²) in [6.45, 7) is 3.09. The summed E-state index contributed by atoms with van der Waals surface area (Å²) in [4.78, 5) is 30.9. The highest BCUT2D eigenvalue weighted by Crippen LogP contribution is 2.04. The Balaban J connectivity index is 1.83. The fourth-order valence-electron chi connectivity index (χ4n) is 1.91. The van der Waals surface area contributed by atoms with Crippen LogP contribution in [-0.2, 0) is 4.79 Å². The maximum absolute atomic E-state index is 12.0.